The van der Waals surface area contributed by atoms with Crippen molar-refractivity contribution in [1.29, 1.82) is 0 Å². The molecule has 0 radical (unpaired) electrons. The molecule has 1 aliphatic carbocycles. The lowest BCUT2D eigenvalue weighted by molar-refractivity contribution is 0.391. The molecule has 0 spiro atoms. The van der Waals surface area contributed by atoms with Crippen LogP contribution in [0.15, 0.2) is 24.3 Å². The Morgan fingerprint density at radius 2 is 1.83 bits per heavy atom. The predicted octanol–water partition coefficient (Wildman–Crippen LogP) is 3.00. The fraction of sp³-hybridized carbons (Fsp3) is 0.625. The van der Waals surface area contributed by atoms with E-state index in [1.54, 1.807) is 0 Å². The first-order valence-corrected chi connectivity index (χ1v) is 7.20. The summed E-state index contributed by atoms with van der Waals surface area (Å²) >= 11 is 0. The lowest BCUT2D eigenvalue weighted by Crippen LogP contribution is -2.18. The highest BCUT2D eigenvalue weighted by atomic mass is 15.0. The maximum absolute atomic E-state index is 3.52. The number of nitrogens with zero attached hydrogens (tertiary/aromatic N) is 1. The van der Waals surface area contributed by atoms with Gasteiger partial charge in [0.05, 0.1) is 0 Å². The van der Waals surface area contributed by atoms with Gasteiger partial charge in [-0.3, -0.25) is 0 Å². The van der Waals surface area contributed by atoms with E-state index < -0.39 is 0 Å². The largest absolute Gasteiger partial charge is 0.313 e. The third-order valence-corrected chi connectivity index (χ3v) is 3.57. The smallest absolute Gasteiger partial charge is 0.0205 e. The molecule has 0 saturated heterocycles. The van der Waals surface area contributed by atoms with Crippen LogP contribution in [0, 0.1) is 0 Å². The molecular formula is C16H26N2. The van der Waals surface area contributed by atoms with Crippen LogP contribution in [0.1, 0.15) is 42.7 Å². The monoisotopic (exact) mass is 246 g/mol. The van der Waals surface area contributed by atoms with E-state index in [9.17, 15) is 0 Å². The van der Waals surface area contributed by atoms with E-state index in [2.05, 4.69) is 48.6 Å². The van der Waals surface area contributed by atoms with E-state index in [4.69, 9.17) is 0 Å². The van der Waals surface area contributed by atoms with Gasteiger partial charge in [-0.15, -0.1) is 0 Å². The number of unbranched alkanes of at least 4 members (excludes halogenated alkanes) is 1. The topological polar surface area (TPSA) is 15.3 Å². The van der Waals surface area contributed by atoms with Crippen LogP contribution in [0.25, 0.3) is 0 Å². The Morgan fingerprint density at radius 3 is 2.44 bits per heavy atom. The zero-order valence-corrected chi connectivity index (χ0v) is 11.8. The van der Waals surface area contributed by atoms with Gasteiger partial charge in [0.15, 0.2) is 0 Å². The first kappa shape index (κ1) is 13.6. The number of benzene rings is 1. The number of nitrogens with one attached hydrogen (secondary N) is 1. The molecule has 1 N–H and O–H groups in total. The molecule has 0 heterocycles. The molecule has 18 heavy (non-hydrogen) atoms. The summed E-state index contributed by atoms with van der Waals surface area (Å²) in [4.78, 5) is 2.25. The molecule has 2 nitrogen and oxygen atoms in total. The number of hydrogen-bond donors (Lipinski definition) is 1. The minimum Gasteiger partial charge on any atom is -0.313 e. The molecule has 0 amide bonds. The standard InChI is InChI=1S/C16H26N2/c1-18(2)12-4-3-11-17-13-14-5-7-15(8-6-14)16-9-10-16/h5-8,16-17H,3-4,9-13H2,1-2H3. The normalized spacial score (nSPS) is 15.3. The molecule has 2 rings (SSSR count). The number of rotatable bonds is 8. The summed E-state index contributed by atoms with van der Waals surface area (Å²) in [5, 5.41) is 3.52. The molecular weight excluding hydrogens is 220 g/mol. The fourth-order valence-electron chi connectivity index (χ4n) is 2.24. The summed E-state index contributed by atoms with van der Waals surface area (Å²) < 4.78 is 0. The first-order valence-electron chi connectivity index (χ1n) is 7.20. The van der Waals surface area contributed by atoms with Crippen LogP contribution in [-0.4, -0.2) is 32.1 Å². The highest BCUT2D eigenvalue weighted by Crippen LogP contribution is 2.39. The van der Waals surface area contributed by atoms with Crippen molar-refractivity contribution in [3.8, 4) is 0 Å². The van der Waals surface area contributed by atoms with Gasteiger partial charge in [-0.25, -0.2) is 0 Å². The minimum atomic E-state index is 0.873. The third kappa shape index (κ3) is 4.79. The van der Waals surface area contributed by atoms with Crippen molar-refractivity contribution >= 4 is 0 Å². The van der Waals surface area contributed by atoms with Crippen LogP contribution in [0.3, 0.4) is 0 Å². The van der Waals surface area contributed by atoms with Gasteiger partial charge < -0.3 is 10.2 Å². The van der Waals surface area contributed by atoms with Crippen LogP contribution < -0.4 is 5.32 Å². The Kier molecular flexibility index (Phi) is 5.21. The fourth-order valence-corrected chi connectivity index (χ4v) is 2.24. The lowest BCUT2D eigenvalue weighted by Gasteiger charge is -2.09. The molecule has 1 aliphatic rings. The predicted molar refractivity (Wildman–Crippen MR) is 77.9 cm³/mol. The molecule has 0 atom stereocenters. The third-order valence-electron chi connectivity index (χ3n) is 3.57. The number of hydrogen-bond acceptors (Lipinski definition) is 2. The highest BCUT2D eigenvalue weighted by Gasteiger charge is 2.22. The molecule has 1 saturated carbocycles. The molecule has 100 valence electrons. The van der Waals surface area contributed by atoms with Gasteiger partial charge in [0, 0.05) is 6.54 Å². The van der Waals surface area contributed by atoms with Crippen LogP contribution in [0.2, 0.25) is 0 Å². The van der Waals surface area contributed by atoms with Gasteiger partial charge in [0.1, 0.15) is 0 Å². The maximum Gasteiger partial charge on any atom is 0.0205 e. The van der Waals surface area contributed by atoms with Crippen molar-refractivity contribution < 1.29 is 0 Å². The Morgan fingerprint density at radius 1 is 1.11 bits per heavy atom. The van der Waals surface area contributed by atoms with Gasteiger partial charge in [0.2, 0.25) is 0 Å². The zero-order chi connectivity index (χ0) is 12.8. The second-order valence-corrected chi connectivity index (χ2v) is 5.70. The summed E-state index contributed by atoms with van der Waals surface area (Å²) in [6, 6.07) is 9.17. The maximum atomic E-state index is 3.52. The zero-order valence-electron chi connectivity index (χ0n) is 11.8. The quantitative estimate of drug-likeness (QED) is 0.709. The van der Waals surface area contributed by atoms with E-state index in [1.807, 2.05) is 0 Å². The Bertz CT molecular complexity index is 339. The van der Waals surface area contributed by atoms with Gasteiger partial charge in [0.25, 0.3) is 0 Å². The minimum absolute atomic E-state index is 0.873. The van der Waals surface area contributed by atoms with E-state index in [1.165, 1.54) is 43.4 Å². The summed E-state index contributed by atoms with van der Waals surface area (Å²) in [6.45, 7) is 3.32. The van der Waals surface area contributed by atoms with Crippen molar-refractivity contribution in [2.24, 2.45) is 0 Å². The molecule has 0 aromatic heterocycles. The molecule has 0 aliphatic heterocycles. The van der Waals surface area contributed by atoms with Crippen LogP contribution in [0.4, 0.5) is 0 Å². The van der Waals surface area contributed by atoms with Gasteiger partial charge in [-0.05, 0) is 69.9 Å². The molecule has 1 aromatic carbocycles. The highest BCUT2D eigenvalue weighted by molar-refractivity contribution is 5.27. The van der Waals surface area contributed by atoms with E-state index >= 15 is 0 Å². The average molecular weight is 246 g/mol. The van der Waals surface area contributed by atoms with Gasteiger partial charge in [-0.1, -0.05) is 24.3 Å². The van der Waals surface area contributed by atoms with E-state index in [0.717, 1.165) is 19.0 Å². The van der Waals surface area contributed by atoms with Crippen molar-refractivity contribution in [3.05, 3.63) is 35.4 Å². The van der Waals surface area contributed by atoms with Crippen LogP contribution in [0.5, 0.6) is 0 Å². The van der Waals surface area contributed by atoms with E-state index in [0.29, 0.717) is 0 Å². The Labute approximate surface area is 111 Å². The molecule has 0 bridgehead atoms. The summed E-state index contributed by atoms with van der Waals surface area (Å²) in [5.41, 5.74) is 2.94. The second kappa shape index (κ2) is 6.91. The summed E-state index contributed by atoms with van der Waals surface area (Å²) in [6.07, 6.45) is 5.33. The first-order chi connectivity index (χ1) is 8.75. The lowest BCUT2D eigenvalue weighted by atomic mass is 10.1. The summed E-state index contributed by atoms with van der Waals surface area (Å²) in [7, 11) is 4.27. The molecule has 0 unspecified atom stereocenters. The molecule has 2 heteroatoms. The van der Waals surface area contributed by atoms with Crippen molar-refractivity contribution in [3.63, 3.8) is 0 Å². The van der Waals surface area contributed by atoms with Gasteiger partial charge >= 0.3 is 0 Å². The molecule has 1 aromatic rings. The SMILES string of the molecule is CN(C)CCCCNCc1ccc(C2CC2)cc1. The Hall–Kier alpha value is -0.860. The average Bonchev–Trinajstić information content (AvgIpc) is 3.18. The van der Waals surface area contributed by atoms with Crippen LogP contribution in [-0.2, 0) is 6.54 Å². The Balaban J connectivity index is 1.58. The molecule has 1 fully saturated rings. The summed E-state index contributed by atoms with van der Waals surface area (Å²) in [5.74, 6) is 0.873. The van der Waals surface area contributed by atoms with Crippen LogP contribution >= 0.6 is 0 Å². The second-order valence-electron chi connectivity index (χ2n) is 5.70. The van der Waals surface area contributed by atoms with Crippen molar-refractivity contribution in [1.82, 2.24) is 10.2 Å². The van der Waals surface area contributed by atoms with Crippen molar-refractivity contribution in [2.75, 3.05) is 27.2 Å². The van der Waals surface area contributed by atoms with E-state index in [-0.39, 0.29) is 0 Å². The van der Waals surface area contributed by atoms with Crippen molar-refractivity contribution in [2.45, 2.75) is 38.1 Å². The van der Waals surface area contributed by atoms with Gasteiger partial charge in [-0.2, -0.15) is 0 Å².